The van der Waals surface area contributed by atoms with Gasteiger partial charge in [0.15, 0.2) is 0 Å². The molecule has 0 amide bonds. The molecule has 0 aliphatic heterocycles. The number of nitrogens with one attached hydrogen (secondary N) is 1. The first-order valence-electron chi connectivity index (χ1n) is 6.97. The van der Waals surface area contributed by atoms with Crippen LogP contribution in [0.4, 0.5) is 5.69 Å². The number of rotatable bonds is 8. The van der Waals surface area contributed by atoms with Crippen LogP contribution >= 0.6 is 11.6 Å². The molecule has 0 unspecified atom stereocenters. The lowest BCUT2D eigenvalue weighted by Crippen LogP contribution is -2.26. The monoisotopic (exact) mass is 268 g/mol. The average molecular weight is 269 g/mol. The van der Waals surface area contributed by atoms with Crippen LogP contribution in [-0.4, -0.2) is 19.6 Å². The summed E-state index contributed by atoms with van der Waals surface area (Å²) < 4.78 is 0. The van der Waals surface area contributed by atoms with Gasteiger partial charge in [-0.3, -0.25) is 0 Å². The van der Waals surface area contributed by atoms with Crippen molar-refractivity contribution in [1.82, 2.24) is 5.32 Å². The number of hydrogen-bond acceptors (Lipinski definition) is 2. The van der Waals surface area contributed by atoms with Gasteiger partial charge in [-0.05, 0) is 31.5 Å². The molecule has 0 bridgehead atoms. The van der Waals surface area contributed by atoms with Crippen molar-refractivity contribution in [1.29, 1.82) is 0 Å². The van der Waals surface area contributed by atoms with E-state index in [0.717, 1.165) is 31.2 Å². The highest BCUT2D eigenvalue weighted by molar-refractivity contribution is 6.33. The first-order valence-corrected chi connectivity index (χ1v) is 7.35. The van der Waals surface area contributed by atoms with E-state index in [4.69, 9.17) is 11.6 Å². The van der Waals surface area contributed by atoms with E-state index in [1.165, 1.54) is 24.1 Å². The number of halogens is 1. The van der Waals surface area contributed by atoms with Crippen LogP contribution in [0.1, 0.15) is 39.2 Å². The zero-order chi connectivity index (χ0) is 13.4. The average Bonchev–Trinajstić information content (AvgIpc) is 2.39. The van der Waals surface area contributed by atoms with E-state index in [-0.39, 0.29) is 0 Å². The normalized spacial score (nSPS) is 10.7. The summed E-state index contributed by atoms with van der Waals surface area (Å²) in [6.07, 6.45) is 2.42. The smallest absolute Gasteiger partial charge is 0.0642 e. The molecule has 18 heavy (non-hydrogen) atoms. The van der Waals surface area contributed by atoms with E-state index in [1.807, 2.05) is 12.1 Å². The number of para-hydroxylation sites is 1. The van der Waals surface area contributed by atoms with Crippen LogP contribution in [0, 0.1) is 0 Å². The number of nitrogens with zero attached hydrogens (tertiary/aromatic N) is 1. The second-order valence-electron chi connectivity index (χ2n) is 4.46. The third kappa shape index (κ3) is 4.18. The number of unbranched alkanes of at least 4 members (excludes halogenated alkanes) is 1. The van der Waals surface area contributed by atoms with Crippen LogP contribution < -0.4 is 10.2 Å². The highest BCUT2D eigenvalue weighted by Crippen LogP contribution is 2.30. The Labute approximate surface area is 116 Å². The Morgan fingerprint density at radius 1 is 1.22 bits per heavy atom. The van der Waals surface area contributed by atoms with Gasteiger partial charge in [-0.15, -0.1) is 0 Å². The summed E-state index contributed by atoms with van der Waals surface area (Å²) in [5.41, 5.74) is 2.50. The fourth-order valence-corrected chi connectivity index (χ4v) is 2.41. The van der Waals surface area contributed by atoms with Crippen molar-refractivity contribution in [2.45, 2.75) is 40.2 Å². The predicted molar refractivity (Wildman–Crippen MR) is 81.6 cm³/mol. The molecule has 0 aliphatic rings. The maximum Gasteiger partial charge on any atom is 0.0642 e. The Morgan fingerprint density at radius 3 is 2.61 bits per heavy atom. The molecule has 102 valence electrons. The SMILES string of the molecule is CCCCN(CC)c1c(Cl)cccc1CNCC. The highest BCUT2D eigenvalue weighted by atomic mass is 35.5. The largest absolute Gasteiger partial charge is 0.370 e. The van der Waals surface area contributed by atoms with E-state index in [1.54, 1.807) is 0 Å². The van der Waals surface area contributed by atoms with Crippen molar-refractivity contribution in [3.05, 3.63) is 28.8 Å². The minimum atomic E-state index is 0.864. The lowest BCUT2D eigenvalue weighted by atomic mass is 10.1. The van der Waals surface area contributed by atoms with Gasteiger partial charge >= 0.3 is 0 Å². The van der Waals surface area contributed by atoms with Crippen LogP contribution in [0.25, 0.3) is 0 Å². The molecule has 0 saturated heterocycles. The molecule has 0 aromatic heterocycles. The molecular formula is C15H25ClN2. The summed E-state index contributed by atoms with van der Waals surface area (Å²) in [6.45, 7) is 10.5. The molecule has 0 fully saturated rings. The molecule has 0 atom stereocenters. The van der Waals surface area contributed by atoms with Gasteiger partial charge in [-0.2, -0.15) is 0 Å². The van der Waals surface area contributed by atoms with Gasteiger partial charge in [0.05, 0.1) is 10.7 Å². The fraction of sp³-hybridized carbons (Fsp3) is 0.600. The van der Waals surface area contributed by atoms with Crippen molar-refractivity contribution in [2.75, 3.05) is 24.5 Å². The van der Waals surface area contributed by atoms with Crippen LogP contribution in [0.2, 0.25) is 5.02 Å². The van der Waals surface area contributed by atoms with Gasteiger partial charge in [-0.25, -0.2) is 0 Å². The number of anilines is 1. The highest BCUT2D eigenvalue weighted by Gasteiger charge is 2.12. The van der Waals surface area contributed by atoms with Gasteiger partial charge < -0.3 is 10.2 Å². The van der Waals surface area contributed by atoms with Gasteiger partial charge in [0.25, 0.3) is 0 Å². The van der Waals surface area contributed by atoms with Crippen LogP contribution in [0.15, 0.2) is 18.2 Å². The van der Waals surface area contributed by atoms with Crippen molar-refractivity contribution < 1.29 is 0 Å². The Morgan fingerprint density at radius 2 is 2.00 bits per heavy atom. The zero-order valence-electron chi connectivity index (χ0n) is 11.8. The van der Waals surface area contributed by atoms with E-state index in [2.05, 4.69) is 37.1 Å². The molecule has 2 nitrogen and oxygen atoms in total. The maximum absolute atomic E-state index is 6.39. The molecule has 1 aromatic rings. The van der Waals surface area contributed by atoms with Gasteiger partial charge in [0.1, 0.15) is 0 Å². The third-order valence-electron chi connectivity index (χ3n) is 3.12. The minimum Gasteiger partial charge on any atom is -0.370 e. The lowest BCUT2D eigenvalue weighted by Gasteiger charge is -2.27. The molecule has 0 saturated carbocycles. The summed E-state index contributed by atoms with van der Waals surface area (Å²) in [6, 6.07) is 6.19. The van der Waals surface area contributed by atoms with E-state index < -0.39 is 0 Å². The van der Waals surface area contributed by atoms with Crippen molar-refractivity contribution in [3.63, 3.8) is 0 Å². The Balaban J connectivity index is 2.94. The first-order chi connectivity index (χ1) is 8.74. The van der Waals surface area contributed by atoms with E-state index in [9.17, 15) is 0 Å². The minimum absolute atomic E-state index is 0.864. The lowest BCUT2D eigenvalue weighted by molar-refractivity contribution is 0.704. The van der Waals surface area contributed by atoms with E-state index >= 15 is 0 Å². The first kappa shape index (κ1) is 15.3. The third-order valence-corrected chi connectivity index (χ3v) is 3.42. The predicted octanol–water partition coefficient (Wildman–Crippen LogP) is 4.08. The molecule has 1 aromatic carbocycles. The second-order valence-corrected chi connectivity index (χ2v) is 4.87. The molecular weight excluding hydrogens is 244 g/mol. The van der Waals surface area contributed by atoms with Crippen molar-refractivity contribution in [2.24, 2.45) is 0 Å². The van der Waals surface area contributed by atoms with Gasteiger partial charge in [0, 0.05) is 19.6 Å². The maximum atomic E-state index is 6.39. The molecule has 1 N–H and O–H groups in total. The summed E-state index contributed by atoms with van der Waals surface area (Å²) >= 11 is 6.39. The van der Waals surface area contributed by atoms with E-state index in [0.29, 0.717) is 0 Å². The van der Waals surface area contributed by atoms with Crippen molar-refractivity contribution >= 4 is 17.3 Å². The quantitative estimate of drug-likeness (QED) is 0.764. The molecule has 0 spiro atoms. The van der Waals surface area contributed by atoms with Crippen molar-refractivity contribution in [3.8, 4) is 0 Å². The molecule has 1 rings (SSSR count). The topological polar surface area (TPSA) is 15.3 Å². The number of hydrogen-bond donors (Lipinski definition) is 1. The molecule has 0 heterocycles. The van der Waals surface area contributed by atoms with Crippen LogP contribution in [-0.2, 0) is 6.54 Å². The molecule has 3 heteroatoms. The van der Waals surface area contributed by atoms with Gasteiger partial charge in [-0.1, -0.05) is 44.0 Å². The summed E-state index contributed by atoms with van der Waals surface area (Å²) in [4.78, 5) is 2.39. The number of benzene rings is 1. The zero-order valence-corrected chi connectivity index (χ0v) is 12.6. The standard InChI is InChI=1S/C15H25ClN2/c1-4-7-11-18(6-3)15-13(12-17-5-2)9-8-10-14(15)16/h8-10,17H,4-7,11-12H2,1-3H3. The summed E-state index contributed by atoms with van der Waals surface area (Å²) in [5.74, 6) is 0. The van der Waals surface area contributed by atoms with Crippen LogP contribution in [0.3, 0.4) is 0 Å². The Kier molecular flexibility index (Phi) is 7.14. The molecule has 0 radical (unpaired) electrons. The van der Waals surface area contributed by atoms with Gasteiger partial charge in [0.2, 0.25) is 0 Å². The Hall–Kier alpha value is -0.730. The Bertz CT molecular complexity index is 352. The molecule has 0 aliphatic carbocycles. The fourth-order valence-electron chi connectivity index (χ4n) is 2.09. The summed E-state index contributed by atoms with van der Waals surface area (Å²) in [5, 5.41) is 4.25. The van der Waals surface area contributed by atoms with Crippen LogP contribution in [0.5, 0.6) is 0 Å². The summed E-state index contributed by atoms with van der Waals surface area (Å²) in [7, 11) is 0. The second kappa shape index (κ2) is 8.39.